The van der Waals surface area contributed by atoms with E-state index in [1.54, 1.807) is 18.3 Å². The Balaban J connectivity index is 2.42. The molecule has 0 amide bonds. The van der Waals surface area contributed by atoms with Crippen molar-refractivity contribution in [2.45, 2.75) is 31.7 Å². The van der Waals surface area contributed by atoms with E-state index < -0.39 is 11.5 Å². The lowest BCUT2D eigenvalue weighted by Crippen LogP contribution is -2.31. The fourth-order valence-corrected chi connectivity index (χ4v) is 2.97. The Morgan fingerprint density at radius 2 is 2.10 bits per heavy atom. The molecule has 0 aliphatic heterocycles. The van der Waals surface area contributed by atoms with E-state index in [2.05, 4.69) is 4.98 Å². The number of aromatic carboxylic acids is 1. The van der Waals surface area contributed by atoms with E-state index in [0.29, 0.717) is 11.0 Å². The summed E-state index contributed by atoms with van der Waals surface area (Å²) < 4.78 is 1.52. The van der Waals surface area contributed by atoms with Gasteiger partial charge in [-0.3, -0.25) is 9.36 Å². The summed E-state index contributed by atoms with van der Waals surface area (Å²) in [7, 11) is 0. The number of anilines is 1. The number of nitrogens with zero attached hydrogens (tertiary/aromatic N) is 2. The van der Waals surface area contributed by atoms with Crippen LogP contribution in [0.4, 0.5) is 5.69 Å². The fraction of sp³-hybridized carbons (Fsp3) is 0.357. The van der Waals surface area contributed by atoms with Crippen molar-refractivity contribution in [1.29, 1.82) is 0 Å². The maximum atomic E-state index is 12.5. The molecule has 20 heavy (non-hydrogen) atoms. The lowest BCUT2D eigenvalue weighted by atomic mass is 10.1. The van der Waals surface area contributed by atoms with Crippen LogP contribution in [0.25, 0.3) is 11.0 Å². The van der Waals surface area contributed by atoms with Crippen LogP contribution in [0.15, 0.2) is 23.1 Å². The molecular formula is C14H15N3O3. The molecule has 3 rings (SSSR count). The van der Waals surface area contributed by atoms with E-state index >= 15 is 0 Å². The molecule has 2 heterocycles. The molecule has 6 nitrogen and oxygen atoms in total. The molecule has 3 N–H and O–H groups in total. The first-order valence-electron chi connectivity index (χ1n) is 6.63. The number of nitrogens with two attached hydrogens (primary N) is 1. The summed E-state index contributed by atoms with van der Waals surface area (Å²) in [4.78, 5) is 28.1. The summed E-state index contributed by atoms with van der Waals surface area (Å²) >= 11 is 0. The fourth-order valence-electron chi connectivity index (χ4n) is 2.97. The number of hydrogen-bond donors (Lipinski definition) is 2. The predicted octanol–water partition coefficient (Wildman–Crippen LogP) is 1.79. The molecule has 104 valence electrons. The monoisotopic (exact) mass is 273 g/mol. The van der Waals surface area contributed by atoms with Crippen LogP contribution >= 0.6 is 0 Å². The van der Waals surface area contributed by atoms with E-state index in [1.165, 1.54) is 4.57 Å². The van der Waals surface area contributed by atoms with Gasteiger partial charge in [-0.2, -0.15) is 0 Å². The van der Waals surface area contributed by atoms with Crippen molar-refractivity contribution in [3.63, 3.8) is 0 Å². The van der Waals surface area contributed by atoms with Crippen molar-refractivity contribution in [3.8, 4) is 0 Å². The molecule has 1 aliphatic rings. The highest BCUT2D eigenvalue weighted by molar-refractivity contribution is 6.02. The van der Waals surface area contributed by atoms with Gasteiger partial charge >= 0.3 is 5.97 Å². The Labute approximate surface area is 114 Å². The largest absolute Gasteiger partial charge is 0.477 e. The molecule has 2 aromatic rings. The Bertz CT molecular complexity index is 745. The molecule has 2 aromatic heterocycles. The average Bonchev–Trinajstić information content (AvgIpc) is 2.92. The van der Waals surface area contributed by atoms with Gasteiger partial charge in [0.05, 0.1) is 5.69 Å². The molecule has 6 heteroatoms. The van der Waals surface area contributed by atoms with Crippen LogP contribution in [0, 0.1) is 0 Å². The van der Waals surface area contributed by atoms with Crippen molar-refractivity contribution >= 4 is 22.7 Å². The maximum Gasteiger partial charge on any atom is 0.343 e. The number of carbonyl (C=O) groups is 1. The van der Waals surface area contributed by atoms with E-state index in [4.69, 9.17) is 5.73 Å². The number of nitrogen functional groups attached to an aromatic ring is 1. The average molecular weight is 273 g/mol. The topological polar surface area (TPSA) is 98.2 Å². The van der Waals surface area contributed by atoms with E-state index in [9.17, 15) is 14.7 Å². The predicted molar refractivity (Wildman–Crippen MR) is 74.9 cm³/mol. The summed E-state index contributed by atoms with van der Waals surface area (Å²) in [6.07, 6.45) is 5.41. The van der Waals surface area contributed by atoms with E-state index in [-0.39, 0.29) is 17.3 Å². The van der Waals surface area contributed by atoms with Crippen LogP contribution in [0.2, 0.25) is 0 Å². The van der Waals surface area contributed by atoms with Gasteiger partial charge in [-0.15, -0.1) is 0 Å². The van der Waals surface area contributed by atoms with Gasteiger partial charge in [0.25, 0.3) is 5.56 Å². The molecule has 0 unspecified atom stereocenters. The van der Waals surface area contributed by atoms with Gasteiger partial charge in [0.15, 0.2) is 0 Å². The number of pyridine rings is 2. The zero-order valence-corrected chi connectivity index (χ0v) is 10.9. The second kappa shape index (κ2) is 4.63. The molecular weight excluding hydrogens is 258 g/mol. The minimum atomic E-state index is -1.29. The lowest BCUT2D eigenvalue weighted by Gasteiger charge is -2.18. The lowest BCUT2D eigenvalue weighted by molar-refractivity contribution is 0.0695. The number of carboxylic acids is 1. The Morgan fingerprint density at radius 1 is 1.40 bits per heavy atom. The van der Waals surface area contributed by atoms with Gasteiger partial charge in [-0.25, -0.2) is 9.78 Å². The van der Waals surface area contributed by atoms with Crippen molar-refractivity contribution < 1.29 is 9.90 Å². The summed E-state index contributed by atoms with van der Waals surface area (Å²) in [5.74, 6) is -1.29. The minimum Gasteiger partial charge on any atom is -0.477 e. The number of aromatic nitrogens is 2. The van der Waals surface area contributed by atoms with Gasteiger partial charge < -0.3 is 10.8 Å². The van der Waals surface area contributed by atoms with E-state index in [1.807, 2.05) is 0 Å². The van der Waals surface area contributed by atoms with Crippen molar-refractivity contribution in [2.75, 3.05) is 5.73 Å². The molecule has 0 aromatic carbocycles. The zero-order chi connectivity index (χ0) is 14.3. The molecule has 1 saturated carbocycles. The third-order valence-electron chi connectivity index (χ3n) is 3.91. The standard InChI is InChI=1S/C14H15N3O3/c15-11-9-6-3-7-16-12(9)17(8-4-1-2-5-8)13(18)10(11)14(19)20/h3,6-8H,1-2,4-5,15H2,(H,19,20). The van der Waals surface area contributed by atoms with Crippen molar-refractivity contribution in [3.05, 3.63) is 34.2 Å². The normalized spacial score (nSPS) is 15.8. The van der Waals surface area contributed by atoms with E-state index in [0.717, 1.165) is 25.7 Å². The summed E-state index contributed by atoms with van der Waals surface area (Å²) in [5.41, 5.74) is 5.43. The molecule has 1 fully saturated rings. The summed E-state index contributed by atoms with van der Waals surface area (Å²) in [6.45, 7) is 0. The van der Waals surface area contributed by atoms with Crippen LogP contribution in [0.5, 0.6) is 0 Å². The second-order valence-corrected chi connectivity index (χ2v) is 5.08. The number of rotatable bonds is 2. The smallest absolute Gasteiger partial charge is 0.343 e. The minimum absolute atomic E-state index is 0.000142. The van der Waals surface area contributed by atoms with Crippen molar-refractivity contribution in [1.82, 2.24) is 9.55 Å². The van der Waals surface area contributed by atoms with Crippen LogP contribution in [-0.4, -0.2) is 20.6 Å². The molecule has 1 aliphatic carbocycles. The quantitative estimate of drug-likeness (QED) is 0.869. The first-order valence-corrected chi connectivity index (χ1v) is 6.63. The third kappa shape index (κ3) is 1.76. The van der Waals surface area contributed by atoms with Gasteiger partial charge in [0.2, 0.25) is 0 Å². The molecule has 0 atom stereocenters. The first-order chi connectivity index (χ1) is 9.61. The molecule has 0 saturated heterocycles. The maximum absolute atomic E-state index is 12.5. The third-order valence-corrected chi connectivity index (χ3v) is 3.91. The second-order valence-electron chi connectivity index (χ2n) is 5.08. The molecule has 0 spiro atoms. The van der Waals surface area contributed by atoms with Gasteiger partial charge in [-0.05, 0) is 25.0 Å². The Hall–Kier alpha value is -2.37. The molecule has 0 radical (unpaired) electrons. The number of fused-ring (bicyclic) bond motifs is 1. The highest BCUT2D eigenvalue weighted by Gasteiger charge is 2.26. The number of carboxylic acid groups (broad SMARTS) is 1. The molecule has 0 bridgehead atoms. The highest BCUT2D eigenvalue weighted by atomic mass is 16.4. The number of hydrogen-bond acceptors (Lipinski definition) is 4. The van der Waals surface area contributed by atoms with Gasteiger partial charge in [-0.1, -0.05) is 12.8 Å². The summed E-state index contributed by atoms with van der Waals surface area (Å²) in [6, 6.07) is 3.40. The van der Waals surface area contributed by atoms with Gasteiger partial charge in [0, 0.05) is 17.6 Å². The van der Waals surface area contributed by atoms with Crippen LogP contribution in [0.1, 0.15) is 42.1 Å². The van der Waals surface area contributed by atoms with Crippen LogP contribution in [-0.2, 0) is 0 Å². The summed E-state index contributed by atoms with van der Waals surface area (Å²) in [5, 5.41) is 9.78. The van der Waals surface area contributed by atoms with Crippen molar-refractivity contribution in [2.24, 2.45) is 0 Å². The van der Waals surface area contributed by atoms with Crippen LogP contribution < -0.4 is 11.3 Å². The zero-order valence-electron chi connectivity index (χ0n) is 10.9. The first kappa shape index (κ1) is 12.7. The highest BCUT2D eigenvalue weighted by Crippen LogP contribution is 2.32. The Morgan fingerprint density at radius 3 is 2.75 bits per heavy atom. The SMILES string of the molecule is Nc1c(C(=O)O)c(=O)n(C2CCCC2)c2ncccc12. The Kier molecular flexibility index (Phi) is 2.93. The van der Waals surface area contributed by atoms with Crippen LogP contribution in [0.3, 0.4) is 0 Å². The van der Waals surface area contributed by atoms with Gasteiger partial charge in [0.1, 0.15) is 11.2 Å².